The number of nitrogens with zero attached hydrogens (tertiary/aromatic N) is 1. The summed E-state index contributed by atoms with van der Waals surface area (Å²) in [5.41, 5.74) is -0.459. The molecule has 2 N–H and O–H groups in total. The molecule has 0 atom stereocenters. The molecule has 1 heterocycles. The van der Waals surface area contributed by atoms with Gasteiger partial charge in [-0.2, -0.15) is 0 Å². The molecule has 0 spiro atoms. The van der Waals surface area contributed by atoms with Crippen molar-refractivity contribution in [3.8, 4) is 0 Å². The van der Waals surface area contributed by atoms with Gasteiger partial charge in [-0.1, -0.05) is 0 Å². The highest BCUT2D eigenvalue weighted by Crippen LogP contribution is 2.22. The lowest BCUT2D eigenvalue weighted by Crippen LogP contribution is -2.42. The second-order valence-corrected chi connectivity index (χ2v) is 4.75. The smallest absolute Gasteiger partial charge is 0.321 e. The topological polar surface area (TPSA) is 69.6 Å². The van der Waals surface area contributed by atoms with Gasteiger partial charge in [0.25, 0.3) is 0 Å². The molecule has 0 radical (unpaired) electrons. The second kappa shape index (κ2) is 6.02. The van der Waals surface area contributed by atoms with Crippen LogP contribution in [0.1, 0.15) is 12.8 Å². The lowest BCUT2D eigenvalue weighted by Gasteiger charge is -2.30. The van der Waals surface area contributed by atoms with E-state index in [1.54, 1.807) is 0 Å². The molecule has 2 rings (SSSR count). The number of rotatable bonds is 2. The number of aliphatic carboxylic acids is 1. The average molecular weight is 302 g/mol. The first-order valence-corrected chi connectivity index (χ1v) is 6.32. The van der Waals surface area contributed by atoms with Crippen molar-refractivity contribution >= 4 is 17.7 Å². The van der Waals surface area contributed by atoms with Crippen LogP contribution in [0.15, 0.2) is 12.1 Å². The highest BCUT2D eigenvalue weighted by Gasteiger charge is 2.27. The van der Waals surface area contributed by atoms with E-state index in [0.717, 1.165) is 6.07 Å². The van der Waals surface area contributed by atoms with E-state index >= 15 is 0 Å². The predicted molar refractivity (Wildman–Crippen MR) is 67.3 cm³/mol. The number of likely N-dealkylation sites (tertiary alicyclic amines) is 1. The summed E-state index contributed by atoms with van der Waals surface area (Å²) in [4.78, 5) is 24.0. The van der Waals surface area contributed by atoms with Gasteiger partial charge in [0.1, 0.15) is 0 Å². The molecule has 114 valence electrons. The molecule has 0 aromatic heterocycles. The minimum absolute atomic E-state index is 0.202. The third-order valence-corrected chi connectivity index (χ3v) is 3.41. The Kier molecular flexibility index (Phi) is 4.35. The Morgan fingerprint density at radius 2 is 1.76 bits per heavy atom. The van der Waals surface area contributed by atoms with Gasteiger partial charge >= 0.3 is 12.0 Å². The average Bonchev–Trinajstić information content (AvgIpc) is 2.48. The zero-order valence-electron chi connectivity index (χ0n) is 10.9. The third kappa shape index (κ3) is 3.26. The zero-order valence-corrected chi connectivity index (χ0v) is 10.9. The Morgan fingerprint density at radius 3 is 2.33 bits per heavy atom. The first-order valence-electron chi connectivity index (χ1n) is 6.32. The summed E-state index contributed by atoms with van der Waals surface area (Å²) in [7, 11) is 0. The minimum atomic E-state index is -1.66. The number of amides is 2. The minimum Gasteiger partial charge on any atom is -0.481 e. The molecule has 8 heteroatoms. The van der Waals surface area contributed by atoms with E-state index in [1.807, 2.05) is 0 Å². The quantitative estimate of drug-likeness (QED) is 0.824. The number of carbonyl (C=O) groups excluding carboxylic acids is 1. The van der Waals surface area contributed by atoms with E-state index < -0.39 is 41.1 Å². The van der Waals surface area contributed by atoms with Crippen LogP contribution in [0, 0.1) is 23.4 Å². The Morgan fingerprint density at radius 1 is 1.14 bits per heavy atom. The SMILES string of the molecule is O=C(O)C1CCN(C(=O)Nc2ccc(F)c(F)c2F)CC1. The first-order chi connectivity index (χ1) is 9.90. The normalized spacial score (nSPS) is 15.9. The van der Waals surface area contributed by atoms with Gasteiger partial charge in [-0.05, 0) is 25.0 Å². The fraction of sp³-hybridized carbons (Fsp3) is 0.385. The predicted octanol–water partition coefficient (Wildman–Crippen LogP) is 2.43. The molecule has 2 amide bonds. The van der Waals surface area contributed by atoms with Crippen molar-refractivity contribution in [1.29, 1.82) is 0 Å². The van der Waals surface area contributed by atoms with Crippen LogP contribution in [0.2, 0.25) is 0 Å². The second-order valence-electron chi connectivity index (χ2n) is 4.75. The molecule has 1 aromatic rings. The number of carboxylic acids is 1. The Hall–Kier alpha value is -2.25. The van der Waals surface area contributed by atoms with Crippen LogP contribution < -0.4 is 5.32 Å². The number of halogens is 3. The van der Waals surface area contributed by atoms with Gasteiger partial charge in [-0.15, -0.1) is 0 Å². The van der Waals surface area contributed by atoms with Crippen molar-refractivity contribution in [3.63, 3.8) is 0 Å². The third-order valence-electron chi connectivity index (χ3n) is 3.41. The van der Waals surface area contributed by atoms with E-state index in [0.29, 0.717) is 18.9 Å². The number of urea groups is 1. The lowest BCUT2D eigenvalue weighted by atomic mass is 9.97. The number of hydrogen-bond acceptors (Lipinski definition) is 2. The summed E-state index contributed by atoms with van der Waals surface area (Å²) in [5, 5.41) is 11.0. The van der Waals surface area contributed by atoms with E-state index in [2.05, 4.69) is 5.32 Å². The summed E-state index contributed by atoms with van der Waals surface area (Å²) in [6.45, 7) is 0.405. The van der Waals surface area contributed by atoms with Crippen LogP contribution >= 0.6 is 0 Å². The summed E-state index contributed by atoms with van der Waals surface area (Å²) in [5.74, 6) is -5.88. The number of hydrogen-bond donors (Lipinski definition) is 2. The van der Waals surface area contributed by atoms with Gasteiger partial charge in [0.05, 0.1) is 11.6 Å². The fourth-order valence-corrected chi connectivity index (χ4v) is 2.15. The number of nitrogens with one attached hydrogen (secondary N) is 1. The molecule has 1 saturated heterocycles. The van der Waals surface area contributed by atoms with Crippen LogP contribution in [0.25, 0.3) is 0 Å². The van der Waals surface area contributed by atoms with Crippen molar-refractivity contribution in [2.45, 2.75) is 12.8 Å². The highest BCUT2D eigenvalue weighted by molar-refractivity contribution is 5.89. The maximum atomic E-state index is 13.4. The number of piperidine rings is 1. The number of anilines is 1. The van der Waals surface area contributed by atoms with Gasteiger partial charge < -0.3 is 15.3 Å². The lowest BCUT2D eigenvalue weighted by molar-refractivity contribution is -0.143. The largest absolute Gasteiger partial charge is 0.481 e. The number of carbonyl (C=O) groups is 2. The molecular weight excluding hydrogens is 289 g/mol. The van der Waals surface area contributed by atoms with Crippen LogP contribution in [0.4, 0.5) is 23.7 Å². The van der Waals surface area contributed by atoms with E-state index in [-0.39, 0.29) is 13.1 Å². The van der Waals surface area contributed by atoms with Crippen molar-refractivity contribution in [2.75, 3.05) is 18.4 Å². The van der Waals surface area contributed by atoms with Gasteiger partial charge in [-0.3, -0.25) is 4.79 Å². The molecule has 21 heavy (non-hydrogen) atoms. The van der Waals surface area contributed by atoms with Crippen LogP contribution in [0.3, 0.4) is 0 Å². The summed E-state index contributed by atoms with van der Waals surface area (Å²) >= 11 is 0. The van der Waals surface area contributed by atoms with E-state index in [4.69, 9.17) is 5.11 Å². The van der Waals surface area contributed by atoms with Crippen molar-refractivity contribution in [3.05, 3.63) is 29.6 Å². The molecule has 1 aliphatic rings. The molecule has 0 aliphatic carbocycles. The van der Waals surface area contributed by atoms with Gasteiger partial charge in [0, 0.05) is 13.1 Å². The molecule has 1 fully saturated rings. The fourth-order valence-electron chi connectivity index (χ4n) is 2.15. The monoisotopic (exact) mass is 302 g/mol. The van der Waals surface area contributed by atoms with Gasteiger partial charge in [0.2, 0.25) is 0 Å². The summed E-state index contributed by atoms with van der Waals surface area (Å²) in [6.07, 6.45) is 0.589. The van der Waals surface area contributed by atoms with Crippen molar-refractivity contribution in [1.82, 2.24) is 4.90 Å². The van der Waals surface area contributed by atoms with Crippen molar-refractivity contribution in [2.24, 2.45) is 5.92 Å². The maximum Gasteiger partial charge on any atom is 0.321 e. The number of benzene rings is 1. The highest BCUT2D eigenvalue weighted by atomic mass is 19.2. The van der Waals surface area contributed by atoms with E-state index in [1.165, 1.54) is 4.90 Å². The molecule has 0 unspecified atom stereocenters. The van der Waals surface area contributed by atoms with Gasteiger partial charge in [-0.25, -0.2) is 18.0 Å². The van der Waals surface area contributed by atoms with Crippen LogP contribution in [-0.4, -0.2) is 35.1 Å². The molecule has 0 bridgehead atoms. The molecular formula is C13H13F3N2O3. The summed E-state index contributed by atoms with van der Waals surface area (Å²) in [6, 6.07) is 0.962. The zero-order chi connectivity index (χ0) is 15.6. The maximum absolute atomic E-state index is 13.4. The first kappa shape index (κ1) is 15.1. The van der Waals surface area contributed by atoms with Gasteiger partial charge in [0.15, 0.2) is 17.5 Å². The van der Waals surface area contributed by atoms with Crippen LogP contribution in [-0.2, 0) is 4.79 Å². The summed E-state index contributed by atoms with van der Waals surface area (Å²) < 4.78 is 39.3. The Balaban J connectivity index is 2.00. The van der Waals surface area contributed by atoms with Crippen LogP contribution in [0.5, 0.6) is 0 Å². The molecule has 0 saturated carbocycles. The van der Waals surface area contributed by atoms with Crippen molar-refractivity contribution < 1.29 is 27.9 Å². The molecule has 5 nitrogen and oxygen atoms in total. The standard InChI is InChI=1S/C13H13F3N2O3/c14-8-1-2-9(11(16)10(8)15)17-13(21)18-5-3-7(4-6-18)12(19)20/h1-2,7H,3-6H2,(H,17,21)(H,19,20). The Labute approximate surface area is 118 Å². The number of carboxylic acid groups (broad SMARTS) is 1. The molecule has 1 aliphatic heterocycles. The Bertz CT molecular complexity index is 572. The molecule has 1 aromatic carbocycles. The van der Waals surface area contributed by atoms with E-state index in [9.17, 15) is 22.8 Å².